The van der Waals surface area contributed by atoms with E-state index in [1.807, 2.05) is 57.3 Å². The number of alkyl halides is 1. The van der Waals surface area contributed by atoms with Crippen LogP contribution in [0.25, 0.3) is 0 Å². The third-order valence-electron chi connectivity index (χ3n) is 3.44. The van der Waals surface area contributed by atoms with Crippen molar-refractivity contribution >= 4 is 38.4 Å². The fourth-order valence-corrected chi connectivity index (χ4v) is 2.04. The molecular formula is C28H51BrN2O10SV. The first kappa shape index (κ1) is 48.6. The van der Waals surface area contributed by atoms with Crippen LogP contribution in [0.5, 0.6) is 0 Å². The molecule has 12 nitrogen and oxygen atoms in total. The van der Waals surface area contributed by atoms with Crippen molar-refractivity contribution in [2.24, 2.45) is 0 Å². The van der Waals surface area contributed by atoms with Gasteiger partial charge in [0, 0.05) is 13.1 Å². The normalized spacial score (nSPS) is 10.1. The summed E-state index contributed by atoms with van der Waals surface area (Å²) in [5, 5.41) is 14.3. The van der Waals surface area contributed by atoms with Crippen LogP contribution in [0.4, 0.5) is 9.59 Å². The molecule has 43 heavy (non-hydrogen) atoms. The average Bonchev–Trinajstić information content (AvgIpc) is 2.93. The molecule has 2 amide bonds. The topological polar surface area (TPSA) is 143 Å². The van der Waals surface area contributed by atoms with Gasteiger partial charge >= 0.3 is 38.2 Å². The van der Waals surface area contributed by atoms with E-state index in [0.29, 0.717) is 84.5 Å². The van der Waals surface area contributed by atoms with E-state index < -0.39 is 23.4 Å². The second-order valence-electron chi connectivity index (χ2n) is 9.62. The van der Waals surface area contributed by atoms with E-state index in [9.17, 15) is 9.59 Å². The molecule has 0 aliphatic rings. The maximum absolute atomic E-state index is 11.3. The maximum atomic E-state index is 11.3. The first-order valence-corrected chi connectivity index (χ1v) is 16.6. The molecule has 15 heteroatoms. The molecule has 251 valence electrons. The van der Waals surface area contributed by atoms with E-state index in [1.54, 1.807) is 0 Å². The van der Waals surface area contributed by atoms with Crippen LogP contribution in [0.15, 0.2) is 0 Å². The molecule has 0 aliphatic carbocycles. The van der Waals surface area contributed by atoms with Gasteiger partial charge in [-0.1, -0.05) is 27.8 Å². The van der Waals surface area contributed by atoms with E-state index >= 15 is 0 Å². The number of hydrogen-bond donors (Lipinski definition) is 3. The van der Waals surface area contributed by atoms with Crippen molar-refractivity contribution in [3.8, 4) is 24.7 Å². The molecule has 0 atom stereocenters. The van der Waals surface area contributed by atoms with Gasteiger partial charge in [0.15, 0.2) is 0 Å². The van der Waals surface area contributed by atoms with E-state index in [1.165, 1.54) is 0 Å². The van der Waals surface area contributed by atoms with Gasteiger partial charge in [-0.05, 0) is 41.5 Å². The number of aliphatic hydroxyl groups is 1. The quantitative estimate of drug-likeness (QED) is 0.108. The standard InChI is InChI=1S/C14H25NO5.C11H23NO5.C3H3Br.S.V/c1-5-7-17-9-11-19-12-10-18-8-6-15-13(16)20-14(2,3)4;1-11(2,3)17-10(14)12-4-6-15-8-9-16-7-5-13;1-2-3-4;;/h1H,6-12H2,2-4H3,(H,15,16);13H,4-9H2,1-3H3,(H,12,14);1H,3H2;;. The summed E-state index contributed by atoms with van der Waals surface area (Å²) in [5.41, 5.74) is -0.969. The Morgan fingerprint density at radius 3 is 1.33 bits per heavy atom. The van der Waals surface area contributed by atoms with Crippen molar-refractivity contribution in [2.45, 2.75) is 52.7 Å². The molecule has 0 bridgehead atoms. The fourth-order valence-electron chi connectivity index (χ4n) is 2.04. The van der Waals surface area contributed by atoms with Crippen LogP contribution < -0.4 is 10.6 Å². The summed E-state index contributed by atoms with van der Waals surface area (Å²) in [7, 11) is 4.02. The molecule has 0 radical (unpaired) electrons. The van der Waals surface area contributed by atoms with Gasteiger partial charge in [0.2, 0.25) is 0 Å². The Balaban J connectivity index is -0.000000301. The summed E-state index contributed by atoms with van der Waals surface area (Å²) < 4.78 is 35.8. The van der Waals surface area contributed by atoms with Crippen LogP contribution >= 0.6 is 26.2 Å². The number of carbonyl (C=O) groups is 2. The Morgan fingerprint density at radius 2 is 1.02 bits per heavy atom. The van der Waals surface area contributed by atoms with Crippen LogP contribution in [0, 0.1) is 24.7 Å². The number of carbonyl (C=O) groups excluding carboxylic acids is 2. The third-order valence-corrected chi connectivity index (χ3v) is 3.77. The number of ether oxygens (including phenoxy) is 7. The number of hydrogen-bond acceptors (Lipinski definition) is 11. The van der Waals surface area contributed by atoms with Crippen molar-refractivity contribution in [3.63, 3.8) is 0 Å². The number of aliphatic hydroxyl groups excluding tert-OH is 1. The molecule has 0 saturated heterocycles. The molecule has 0 spiro atoms. The third kappa shape index (κ3) is 57.0. The minimum absolute atomic E-state index is 0.0141. The summed E-state index contributed by atoms with van der Waals surface area (Å²) >= 11 is 4.91. The van der Waals surface area contributed by atoms with Crippen molar-refractivity contribution in [2.75, 3.05) is 91.1 Å². The molecule has 0 aromatic rings. The summed E-state index contributed by atoms with van der Waals surface area (Å²) in [6.07, 6.45) is 8.86. The van der Waals surface area contributed by atoms with E-state index in [2.05, 4.69) is 48.7 Å². The van der Waals surface area contributed by atoms with Crippen molar-refractivity contribution in [1.29, 1.82) is 0 Å². The molecule has 0 saturated carbocycles. The number of halogens is 1. The summed E-state index contributed by atoms with van der Waals surface area (Å²) in [6, 6.07) is 0. The summed E-state index contributed by atoms with van der Waals surface area (Å²) in [6.45, 7) is 15.9. The zero-order valence-electron chi connectivity index (χ0n) is 26.4. The Labute approximate surface area is 280 Å². The molecule has 0 heterocycles. The predicted molar refractivity (Wildman–Crippen MR) is 169 cm³/mol. The molecule has 0 fully saturated rings. The van der Waals surface area contributed by atoms with Crippen LogP contribution in [-0.4, -0.2) is 120 Å². The van der Waals surface area contributed by atoms with Gasteiger partial charge in [0.05, 0.1) is 71.4 Å². The number of terminal acetylenes is 2. The number of alkyl carbamates (subject to hydrolysis) is 2. The van der Waals surface area contributed by atoms with Gasteiger partial charge in [-0.25, -0.2) is 9.59 Å². The van der Waals surface area contributed by atoms with Crippen molar-refractivity contribution in [3.05, 3.63) is 0 Å². The molecule has 0 aromatic carbocycles. The fraction of sp³-hybridized carbons (Fsp3) is 0.786. The number of amides is 2. The van der Waals surface area contributed by atoms with Crippen molar-refractivity contribution in [1.82, 2.24) is 10.6 Å². The SMILES string of the molecule is C#CCBr.C#CCOCCOCCOCCNC(=O)OC(C)(C)C.CC(C)(C)OC(=O)NCCOCCOCCO.[S]=[V]. The molecule has 0 aliphatic heterocycles. The van der Waals surface area contributed by atoms with Gasteiger partial charge in [0.25, 0.3) is 0 Å². The van der Waals surface area contributed by atoms with Crippen LogP contribution in [0.3, 0.4) is 0 Å². The van der Waals surface area contributed by atoms with Gasteiger partial charge in [-0.2, -0.15) is 0 Å². The second kappa shape index (κ2) is 36.9. The first-order valence-electron chi connectivity index (χ1n) is 13.4. The molecule has 0 unspecified atom stereocenters. The van der Waals surface area contributed by atoms with Crippen LogP contribution in [0.1, 0.15) is 41.5 Å². The Morgan fingerprint density at radius 1 is 0.698 bits per heavy atom. The summed E-state index contributed by atoms with van der Waals surface area (Å²) in [4.78, 5) is 22.5. The Bertz CT molecular complexity index is 726. The number of nitrogens with one attached hydrogen (secondary N) is 2. The first-order chi connectivity index (χ1) is 20.3. The molecular weight excluding hydrogens is 687 g/mol. The van der Waals surface area contributed by atoms with Gasteiger partial charge in [-0.3, -0.25) is 0 Å². The van der Waals surface area contributed by atoms with Gasteiger partial charge < -0.3 is 48.9 Å². The average molecular weight is 739 g/mol. The van der Waals surface area contributed by atoms with E-state index in [0.717, 1.165) is 0 Å². The van der Waals surface area contributed by atoms with Gasteiger partial charge in [0.1, 0.15) is 17.8 Å². The summed E-state index contributed by atoms with van der Waals surface area (Å²) in [5.74, 6) is 4.72. The second-order valence-corrected chi connectivity index (χ2v) is 10.2. The molecule has 0 rings (SSSR count). The Hall–Kier alpha value is -1.30. The Kier molecular flexibility index (Phi) is 41.7. The zero-order valence-corrected chi connectivity index (χ0v) is 30.2. The van der Waals surface area contributed by atoms with E-state index in [4.69, 9.17) is 51.1 Å². The van der Waals surface area contributed by atoms with E-state index in [-0.39, 0.29) is 6.61 Å². The number of rotatable bonds is 18. The van der Waals surface area contributed by atoms with Gasteiger partial charge in [-0.15, -0.1) is 12.8 Å². The van der Waals surface area contributed by atoms with Crippen LogP contribution in [-0.2, 0) is 48.9 Å². The monoisotopic (exact) mass is 737 g/mol. The minimum atomic E-state index is -0.486. The predicted octanol–water partition coefficient (Wildman–Crippen LogP) is 3.39. The molecule has 0 aromatic heterocycles. The van der Waals surface area contributed by atoms with Crippen LogP contribution in [0.2, 0.25) is 0 Å². The van der Waals surface area contributed by atoms with Crippen molar-refractivity contribution < 1.29 is 63.6 Å². The zero-order chi connectivity index (χ0) is 33.8. The molecule has 3 N–H and O–H groups in total.